The third-order valence-corrected chi connectivity index (χ3v) is 4.41. The van der Waals surface area contributed by atoms with E-state index in [1.165, 1.54) is 11.8 Å². The smallest absolute Gasteiger partial charge is 0.274 e. The summed E-state index contributed by atoms with van der Waals surface area (Å²) < 4.78 is 40.0. The van der Waals surface area contributed by atoms with E-state index < -0.39 is 31.3 Å². The van der Waals surface area contributed by atoms with Crippen LogP contribution in [0.4, 0.5) is 15.8 Å². The monoisotopic (exact) mass is 324 g/mol. The lowest BCUT2D eigenvalue weighted by molar-refractivity contribution is -0.385. The van der Waals surface area contributed by atoms with Gasteiger partial charge in [0.2, 0.25) is 10.0 Å². The van der Waals surface area contributed by atoms with Crippen molar-refractivity contribution in [3.8, 4) is 0 Å². The number of rotatable bonds is 7. The fraction of sp³-hybridized carbons (Fsp3) is 0.333. The summed E-state index contributed by atoms with van der Waals surface area (Å²) in [5.74, 6) is 4.36. The molecule has 4 N–H and O–H groups in total. The summed E-state index contributed by atoms with van der Waals surface area (Å²) in [6.07, 6.45) is 1.79. The molecule has 0 saturated heterocycles. The van der Waals surface area contributed by atoms with Crippen LogP contribution in [0, 0.1) is 15.9 Å². The fourth-order valence-corrected chi connectivity index (χ4v) is 3.09. The summed E-state index contributed by atoms with van der Waals surface area (Å²) in [5, 5.41) is 10.6. The van der Waals surface area contributed by atoms with E-state index in [0.717, 1.165) is 6.07 Å². The first-order valence-corrected chi connectivity index (χ1v) is 8.14. The maximum atomic E-state index is 13.8. The minimum absolute atomic E-state index is 0.101. The number of sulfonamides is 1. The average Bonchev–Trinajstić information content (AvgIpc) is 2.37. The molecule has 0 aromatic heterocycles. The second-order valence-electron chi connectivity index (χ2n) is 3.60. The number of benzene rings is 1. The first-order valence-electron chi connectivity index (χ1n) is 5.26. The predicted molar refractivity (Wildman–Crippen MR) is 74.4 cm³/mol. The molecule has 0 saturated carbocycles. The summed E-state index contributed by atoms with van der Waals surface area (Å²) >= 11 is 1.41. The molecule has 1 rings (SSSR count). The predicted octanol–water partition coefficient (Wildman–Crippen LogP) is 0.661. The van der Waals surface area contributed by atoms with Crippen LogP contribution in [0.3, 0.4) is 0 Å². The molecule has 0 amide bonds. The van der Waals surface area contributed by atoms with Crippen LogP contribution < -0.4 is 16.0 Å². The molecule has 0 bridgehead atoms. The molecule has 20 heavy (non-hydrogen) atoms. The van der Waals surface area contributed by atoms with Crippen molar-refractivity contribution in [2.24, 2.45) is 5.84 Å². The number of hydrogen-bond acceptors (Lipinski definition) is 7. The Hall–Kier alpha value is -1.43. The zero-order chi connectivity index (χ0) is 15.3. The number of thioether (sulfide) groups is 1. The van der Waals surface area contributed by atoms with Crippen molar-refractivity contribution >= 4 is 33.2 Å². The minimum Gasteiger partial charge on any atom is -0.323 e. The van der Waals surface area contributed by atoms with Gasteiger partial charge in [0.05, 0.1) is 16.7 Å². The van der Waals surface area contributed by atoms with Gasteiger partial charge in [-0.15, -0.1) is 0 Å². The van der Waals surface area contributed by atoms with E-state index in [1.807, 2.05) is 5.43 Å². The van der Waals surface area contributed by atoms with E-state index in [1.54, 1.807) is 6.26 Å². The lowest BCUT2D eigenvalue weighted by Gasteiger charge is -2.11. The van der Waals surface area contributed by atoms with Gasteiger partial charge in [0.25, 0.3) is 5.69 Å². The molecule has 112 valence electrons. The highest BCUT2D eigenvalue weighted by Gasteiger charge is 2.26. The molecule has 1 aromatic carbocycles. The van der Waals surface area contributed by atoms with Gasteiger partial charge < -0.3 is 5.43 Å². The largest absolute Gasteiger partial charge is 0.323 e. The molecule has 0 atom stereocenters. The standard InChI is InChI=1S/C9H13FN4O4S2/c1-19-3-2-12-20(17,18)9-7(10)4-6(14(15)16)5-8(9)13-11/h4-5,12-13H,2-3,11H2,1H3. The summed E-state index contributed by atoms with van der Waals surface area (Å²) in [6, 6.07) is 1.39. The van der Waals surface area contributed by atoms with E-state index in [9.17, 15) is 22.9 Å². The fourth-order valence-electron chi connectivity index (χ4n) is 1.42. The van der Waals surface area contributed by atoms with E-state index in [-0.39, 0.29) is 12.2 Å². The van der Waals surface area contributed by atoms with Gasteiger partial charge in [0.1, 0.15) is 4.90 Å². The topological polar surface area (TPSA) is 127 Å². The normalized spacial score (nSPS) is 11.3. The molecule has 0 aliphatic rings. The van der Waals surface area contributed by atoms with Crippen LogP contribution in [0.25, 0.3) is 0 Å². The van der Waals surface area contributed by atoms with Crippen molar-refractivity contribution in [1.82, 2.24) is 4.72 Å². The molecular formula is C9H13FN4O4S2. The third-order valence-electron chi connectivity index (χ3n) is 2.26. The Balaban J connectivity index is 3.26. The van der Waals surface area contributed by atoms with Crippen molar-refractivity contribution < 1.29 is 17.7 Å². The number of hydrazine groups is 1. The molecule has 8 nitrogen and oxygen atoms in total. The van der Waals surface area contributed by atoms with Crippen LogP contribution in [0.2, 0.25) is 0 Å². The average molecular weight is 324 g/mol. The van der Waals surface area contributed by atoms with Gasteiger partial charge in [-0.1, -0.05) is 0 Å². The number of non-ortho nitro benzene ring substituents is 1. The number of nitrogens with zero attached hydrogens (tertiary/aromatic N) is 1. The number of nitrogens with two attached hydrogens (primary N) is 1. The van der Waals surface area contributed by atoms with Crippen molar-refractivity contribution in [3.05, 3.63) is 28.1 Å². The molecular weight excluding hydrogens is 311 g/mol. The second-order valence-corrected chi connectivity index (χ2v) is 6.29. The minimum atomic E-state index is -4.15. The molecule has 11 heteroatoms. The van der Waals surface area contributed by atoms with Crippen molar-refractivity contribution in [1.29, 1.82) is 0 Å². The number of nitro groups is 1. The van der Waals surface area contributed by atoms with Gasteiger partial charge in [-0.05, 0) is 6.26 Å². The van der Waals surface area contributed by atoms with Crippen LogP contribution in [-0.2, 0) is 10.0 Å². The van der Waals surface area contributed by atoms with Gasteiger partial charge in [0.15, 0.2) is 5.82 Å². The molecule has 1 aromatic rings. The van der Waals surface area contributed by atoms with Crippen molar-refractivity contribution in [2.75, 3.05) is 24.0 Å². The Labute approximate surface area is 119 Å². The van der Waals surface area contributed by atoms with E-state index in [2.05, 4.69) is 4.72 Å². The molecule has 0 spiro atoms. The Morgan fingerprint density at radius 2 is 2.15 bits per heavy atom. The molecule has 0 radical (unpaired) electrons. The van der Waals surface area contributed by atoms with E-state index in [4.69, 9.17) is 5.84 Å². The molecule has 0 unspecified atom stereocenters. The van der Waals surface area contributed by atoms with Crippen LogP contribution in [-0.4, -0.2) is 31.9 Å². The van der Waals surface area contributed by atoms with Gasteiger partial charge in [-0.3, -0.25) is 16.0 Å². The lowest BCUT2D eigenvalue weighted by atomic mass is 10.3. The van der Waals surface area contributed by atoms with Crippen LogP contribution in [0.15, 0.2) is 17.0 Å². The Kier molecular flexibility index (Phi) is 5.68. The van der Waals surface area contributed by atoms with E-state index in [0.29, 0.717) is 11.8 Å². The number of nitrogen functional groups attached to an aromatic ring is 1. The van der Waals surface area contributed by atoms with Crippen LogP contribution in [0.5, 0.6) is 0 Å². The molecule has 0 aliphatic carbocycles. The van der Waals surface area contributed by atoms with Crippen molar-refractivity contribution in [2.45, 2.75) is 4.90 Å². The summed E-state index contributed by atoms with van der Waals surface area (Å²) in [5.41, 5.74) is 0.980. The summed E-state index contributed by atoms with van der Waals surface area (Å²) in [4.78, 5) is 9.01. The number of halogens is 1. The Bertz CT molecular complexity index is 608. The first kappa shape index (κ1) is 16.6. The van der Waals surface area contributed by atoms with E-state index >= 15 is 0 Å². The zero-order valence-electron chi connectivity index (χ0n) is 10.4. The number of nitrogens with one attached hydrogen (secondary N) is 2. The zero-order valence-corrected chi connectivity index (χ0v) is 12.1. The summed E-state index contributed by atoms with van der Waals surface area (Å²) in [6.45, 7) is 0.101. The lowest BCUT2D eigenvalue weighted by Crippen LogP contribution is -2.28. The SMILES string of the molecule is CSCCNS(=O)(=O)c1c(F)cc([N+](=O)[O-])cc1NN. The van der Waals surface area contributed by atoms with Gasteiger partial charge in [-0.2, -0.15) is 11.8 Å². The number of nitro benzene ring substituents is 1. The van der Waals surface area contributed by atoms with Gasteiger partial charge in [0, 0.05) is 18.4 Å². The van der Waals surface area contributed by atoms with Gasteiger partial charge >= 0.3 is 0 Å². The highest BCUT2D eigenvalue weighted by atomic mass is 32.2. The molecule has 0 fully saturated rings. The Morgan fingerprint density at radius 3 is 2.65 bits per heavy atom. The second kappa shape index (κ2) is 6.83. The van der Waals surface area contributed by atoms with Crippen molar-refractivity contribution in [3.63, 3.8) is 0 Å². The highest BCUT2D eigenvalue weighted by molar-refractivity contribution is 7.98. The van der Waals surface area contributed by atoms with Gasteiger partial charge in [-0.25, -0.2) is 17.5 Å². The quantitative estimate of drug-likeness (QED) is 0.291. The summed E-state index contributed by atoms with van der Waals surface area (Å²) in [7, 11) is -4.15. The van der Waals surface area contributed by atoms with Crippen LogP contribution >= 0.6 is 11.8 Å². The Morgan fingerprint density at radius 1 is 1.50 bits per heavy atom. The first-order chi connectivity index (χ1) is 9.33. The number of anilines is 1. The maximum Gasteiger partial charge on any atom is 0.274 e. The molecule has 0 aliphatic heterocycles. The maximum absolute atomic E-state index is 13.8. The highest BCUT2D eigenvalue weighted by Crippen LogP contribution is 2.29. The number of hydrogen-bond donors (Lipinski definition) is 3. The van der Waals surface area contributed by atoms with Crippen LogP contribution in [0.1, 0.15) is 0 Å². The molecule has 0 heterocycles. The third kappa shape index (κ3) is 3.79.